The summed E-state index contributed by atoms with van der Waals surface area (Å²) >= 11 is 6.02. The molecule has 1 heterocycles. The fourth-order valence-electron chi connectivity index (χ4n) is 2.45. The van der Waals surface area contributed by atoms with E-state index >= 15 is 0 Å². The third kappa shape index (κ3) is 3.81. The van der Waals surface area contributed by atoms with Gasteiger partial charge in [0.05, 0.1) is 12.1 Å². The molecule has 0 fully saturated rings. The Morgan fingerprint density at radius 2 is 2.09 bits per heavy atom. The molecule has 0 amide bonds. The summed E-state index contributed by atoms with van der Waals surface area (Å²) in [6, 6.07) is 7.64. The number of fused-ring (bicyclic) bond motifs is 1. The van der Waals surface area contributed by atoms with Gasteiger partial charge in [-0.2, -0.15) is 0 Å². The summed E-state index contributed by atoms with van der Waals surface area (Å²) in [7, 11) is 0. The van der Waals surface area contributed by atoms with Crippen LogP contribution in [-0.4, -0.2) is 36.3 Å². The highest BCUT2D eigenvalue weighted by atomic mass is 35.5. The average molecular weight is 327 g/mol. The lowest BCUT2D eigenvalue weighted by Crippen LogP contribution is -2.22. The minimum Gasteiger partial charge on any atom is -0.395 e. The molecule has 2 aromatic rings. The number of aromatic nitrogens is 1. The number of hydrogen-bond donors (Lipinski definition) is 3. The van der Waals surface area contributed by atoms with Crippen LogP contribution in [0.1, 0.15) is 0 Å². The average Bonchev–Trinajstić information content (AvgIpc) is 3.00. The Labute approximate surface area is 140 Å². The molecule has 117 valence electrons. The quantitative estimate of drug-likeness (QED) is 0.541. The molecule has 1 aliphatic carbocycles. The van der Waals surface area contributed by atoms with Crippen LogP contribution in [0.2, 0.25) is 5.02 Å². The van der Waals surface area contributed by atoms with Crippen molar-refractivity contribution in [3.63, 3.8) is 0 Å². The van der Waals surface area contributed by atoms with E-state index in [0.29, 0.717) is 24.7 Å². The SMILES string of the molecule is OCCNCC1=[C]C=C=C1CNc1ccnc2cc(Cl)ccc12. The van der Waals surface area contributed by atoms with Gasteiger partial charge in [-0.05, 0) is 42.0 Å². The number of allylic oxidation sites excluding steroid dienone is 1. The number of aliphatic hydroxyl groups is 1. The van der Waals surface area contributed by atoms with Crippen molar-refractivity contribution in [1.29, 1.82) is 0 Å². The van der Waals surface area contributed by atoms with E-state index in [1.54, 1.807) is 12.3 Å². The number of hydrogen-bond acceptors (Lipinski definition) is 4. The molecule has 1 aliphatic rings. The molecule has 4 nitrogen and oxygen atoms in total. The number of benzene rings is 1. The predicted molar refractivity (Wildman–Crippen MR) is 93.6 cm³/mol. The molecular formula is C18H17ClN3O. The zero-order valence-corrected chi connectivity index (χ0v) is 13.3. The van der Waals surface area contributed by atoms with E-state index in [0.717, 1.165) is 27.7 Å². The monoisotopic (exact) mass is 326 g/mol. The zero-order chi connectivity index (χ0) is 16.1. The van der Waals surface area contributed by atoms with Crippen LogP contribution in [0.25, 0.3) is 10.9 Å². The smallest absolute Gasteiger partial charge is 0.0737 e. The Bertz CT molecular complexity index is 807. The number of aliphatic hydroxyl groups excluding tert-OH is 1. The van der Waals surface area contributed by atoms with Gasteiger partial charge in [0.1, 0.15) is 0 Å². The highest BCUT2D eigenvalue weighted by Crippen LogP contribution is 2.25. The fraction of sp³-hybridized carbons (Fsp3) is 0.222. The van der Waals surface area contributed by atoms with Crippen molar-refractivity contribution in [3.8, 4) is 0 Å². The second-order valence-electron chi connectivity index (χ2n) is 5.16. The van der Waals surface area contributed by atoms with E-state index in [-0.39, 0.29) is 6.61 Å². The van der Waals surface area contributed by atoms with Gasteiger partial charge in [-0.1, -0.05) is 11.6 Å². The van der Waals surface area contributed by atoms with Crippen molar-refractivity contribution in [2.24, 2.45) is 0 Å². The molecule has 0 saturated carbocycles. The van der Waals surface area contributed by atoms with Crippen LogP contribution in [0.3, 0.4) is 0 Å². The molecular weight excluding hydrogens is 310 g/mol. The number of halogens is 1. The summed E-state index contributed by atoms with van der Waals surface area (Å²) in [5.41, 5.74) is 7.21. The molecule has 0 unspecified atom stereocenters. The van der Waals surface area contributed by atoms with Crippen molar-refractivity contribution < 1.29 is 5.11 Å². The van der Waals surface area contributed by atoms with Crippen LogP contribution in [0, 0.1) is 6.08 Å². The molecule has 0 spiro atoms. The first-order valence-corrected chi connectivity index (χ1v) is 7.82. The topological polar surface area (TPSA) is 57.2 Å². The van der Waals surface area contributed by atoms with E-state index in [4.69, 9.17) is 16.7 Å². The molecule has 1 aromatic carbocycles. The Kier molecular flexibility index (Phi) is 5.11. The lowest BCUT2D eigenvalue weighted by molar-refractivity contribution is 0.294. The highest BCUT2D eigenvalue weighted by molar-refractivity contribution is 6.31. The Hall–Kier alpha value is -2.10. The van der Waals surface area contributed by atoms with Gasteiger partial charge in [0, 0.05) is 47.5 Å². The normalized spacial score (nSPS) is 13.3. The van der Waals surface area contributed by atoms with Crippen molar-refractivity contribution in [2.75, 3.05) is 31.6 Å². The van der Waals surface area contributed by atoms with E-state index < -0.39 is 0 Å². The molecule has 5 heteroatoms. The van der Waals surface area contributed by atoms with E-state index in [2.05, 4.69) is 27.4 Å². The number of rotatable bonds is 7. The van der Waals surface area contributed by atoms with Crippen molar-refractivity contribution in [3.05, 3.63) is 64.5 Å². The summed E-state index contributed by atoms with van der Waals surface area (Å²) in [5, 5.41) is 17.1. The molecule has 0 saturated heterocycles. The number of nitrogens with one attached hydrogen (secondary N) is 2. The van der Waals surface area contributed by atoms with Crippen molar-refractivity contribution in [2.45, 2.75) is 0 Å². The van der Waals surface area contributed by atoms with E-state index in [1.165, 1.54) is 0 Å². The van der Waals surface area contributed by atoms with Crippen LogP contribution in [0.4, 0.5) is 5.69 Å². The van der Waals surface area contributed by atoms with Crippen molar-refractivity contribution in [1.82, 2.24) is 10.3 Å². The summed E-state index contributed by atoms with van der Waals surface area (Å²) in [6.45, 7) is 2.03. The van der Waals surface area contributed by atoms with Gasteiger partial charge in [0.15, 0.2) is 0 Å². The van der Waals surface area contributed by atoms with Crippen LogP contribution in [0.5, 0.6) is 0 Å². The molecule has 3 rings (SSSR count). The summed E-state index contributed by atoms with van der Waals surface area (Å²) in [5.74, 6) is 0. The minimum atomic E-state index is 0.129. The predicted octanol–water partition coefficient (Wildman–Crippen LogP) is 2.71. The largest absolute Gasteiger partial charge is 0.395 e. The van der Waals surface area contributed by atoms with Gasteiger partial charge in [-0.25, -0.2) is 0 Å². The first kappa shape index (κ1) is 15.8. The van der Waals surface area contributed by atoms with Gasteiger partial charge in [0.25, 0.3) is 0 Å². The Morgan fingerprint density at radius 1 is 1.17 bits per heavy atom. The third-order valence-corrected chi connectivity index (χ3v) is 3.84. The Balaban J connectivity index is 1.69. The number of pyridine rings is 1. The summed E-state index contributed by atoms with van der Waals surface area (Å²) in [4.78, 5) is 4.34. The lowest BCUT2D eigenvalue weighted by Gasteiger charge is -2.12. The van der Waals surface area contributed by atoms with Gasteiger partial charge in [-0.3, -0.25) is 4.98 Å². The van der Waals surface area contributed by atoms with Gasteiger partial charge >= 0.3 is 0 Å². The fourth-order valence-corrected chi connectivity index (χ4v) is 2.62. The van der Waals surface area contributed by atoms with Crippen LogP contribution in [0.15, 0.2) is 53.4 Å². The standard InChI is InChI=1S/C18H17ClN3O/c19-15-4-5-16-17(6-7-21-18(16)10-15)22-12-14-3-1-2-13(14)11-20-8-9-23/h1,4-7,10,20,23H,8-9,11-12H2,(H,21,22). The zero-order valence-electron chi connectivity index (χ0n) is 12.6. The van der Waals surface area contributed by atoms with Gasteiger partial charge in [0.2, 0.25) is 0 Å². The molecule has 23 heavy (non-hydrogen) atoms. The first-order valence-electron chi connectivity index (χ1n) is 7.44. The summed E-state index contributed by atoms with van der Waals surface area (Å²) in [6.07, 6.45) is 6.75. The number of nitrogens with zero attached hydrogens (tertiary/aromatic N) is 1. The van der Waals surface area contributed by atoms with E-state index in [9.17, 15) is 0 Å². The maximum Gasteiger partial charge on any atom is 0.0737 e. The summed E-state index contributed by atoms with van der Waals surface area (Å²) < 4.78 is 0. The van der Waals surface area contributed by atoms with Gasteiger partial charge < -0.3 is 15.7 Å². The number of anilines is 1. The molecule has 0 aliphatic heterocycles. The molecule has 1 radical (unpaired) electrons. The maximum absolute atomic E-state index is 8.83. The molecule has 1 aromatic heterocycles. The highest BCUT2D eigenvalue weighted by Gasteiger charge is 2.09. The van der Waals surface area contributed by atoms with Crippen LogP contribution < -0.4 is 10.6 Å². The first-order chi connectivity index (χ1) is 11.3. The van der Waals surface area contributed by atoms with Crippen molar-refractivity contribution >= 4 is 28.2 Å². The molecule has 3 N–H and O–H groups in total. The van der Waals surface area contributed by atoms with E-state index in [1.807, 2.05) is 24.3 Å². The lowest BCUT2D eigenvalue weighted by atomic mass is 10.1. The Morgan fingerprint density at radius 3 is 2.96 bits per heavy atom. The second-order valence-corrected chi connectivity index (χ2v) is 5.60. The van der Waals surface area contributed by atoms with Crippen LogP contribution >= 0.6 is 11.6 Å². The van der Waals surface area contributed by atoms with Crippen LogP contribution in [-0.2, 0) is 0 Å². The van der Waals surface area contributed by atoms with Gasteiger partial charge in [-0.15, -0.1) is 5.73 Å². The minimum absolute atomic E-state index is 0.129. The maximum atomic E-state index is 8.83. The molecule has 0 bridgehead atoms. The molecule has 0 atom stereocenters. The second kappa shape index (κ2) is 7.44. The third-order valence-electron chi connectivity index (χ3n) is 3.61.